The molecule has 0 saturated heterocycles. The van der Waals surface area contributed by atoms with Crippen molar-refractivity contribution in [3.8, 4) is 5.88 Å². The highest BCUT2D eigenvalue weighted by Crippen LogP contribution is 2.41. The molecule has 3 nitrogen and oxygen atoms in total. The molecule has 1 N–H and O–H groups in total. The van der Waals surface area contributed by atoms with Crippen LogP contribution in [0, 0.1) is 12.8 Å². The van der Waals surface area contributed by atoms with Crippen LogP contribution in [0.5, 0.6) is 5.88 Å². The fourth-order valence-electron chi connectivity index (χ4n) is 2.62. The van der Waals surface area contributed by atoms with Gasteiger partial charge in [-0.2, -0.15) is 0 Å². The summed E-state index contributed by atoms with van der Waals surface area (Å²) in [7, 11) is 1.64. The lowest BCUT2D eigenvalue weighted by atomic mass is 10.0. The summed E-state index contributed by atoms with van der Waals surface area (Å²) < 4.78 is 5.09. The van der Waals surface area contributed by atoms with E-state index in [0.29, 0.717) is 11.9 Å². The standard InChI is InChI=1S/C18H22N2O/c1-13-3-6-15(7-4-13)18(16-8-9-16)20-12-14-5-10-17(21-2)19-11-14/h3-7,10-11,16,18,20H,8-9,12H2,1-2H3. The van der Waals surface area contributed by atoms with Gasteiger partial charge in [0.15, 0.2) is 0 Å². The Balaban J connectivity index is 1.66. The van der Waals surface area contributed by atoms with Crippen molar-refractivity contribution < 1.29 is 4.74 Å². The van der Waals surface area contributed by atoms with Crippen molar-refractivity contribution in [3.63, 3.8) is 0 Å². The second-order valence-corrected chi connectivity index (χ2v) is 5.82. The van der Waals surface area contributed by atoms with Crippen LogP contribution in [0.1, 0.15) is 35.6 Å². The van der Waals surface area contributed by atoms with Gasteiger partial charge < -0.3 is 10.1 Å². The molecule has 1 aromatic carbocycles. The highest BCUT2D eigenvalue weighted by Gasteiger charge is 2.31. The zero-order chi connectivity index (χ0) is 14.7. The molecule has 1 aliphatic carbocycles. The van der Waals surface area contributed by atoms with Gasteiger partial charge in [-0.25, -0.2) is 4.98 Å². The fourth-order valence-corrected chi connectivity index (χ4v) is 2.62. The minimum absolute atomic E-state index is 0.452. The molecule has 1 heterocycles. The van der Waals surface area contributed by atoms with Crippen molar-refractivity contribution in [2.45, 2.75) is 32.4 Å². The molecule has 1 unspecified atom stereocenters. The van der Waals surface area contributed by atoms with E-state index in [-0.39, 0.29) is 0 Å². The maximum absolute atomic E-state index is 5.09. The first-order valence-electron chi connectivity index (χ1n) is 7.55. The van der Waals surface area contributed by atoms with E-state index in [1.54, 1.807) is 7.11 Å². The SMILES string of the molecule is COc1ccc(CNC(c2ccc(C)cc2)C2CC2)cn1. The van der Waals surface area contributed by atoms with Crippen LogP contribution < -0.4 is 10.1 Å². The summed E-state index contributed by atoms with van der Waals surface area (Å²) in [6, 6.07) is 13.3. The fraction of sp³-hybridized carbons (Fsp3) is 0.389. The Bertz CT molecular complexity index is 573. The van der Waals surface area contributed by atoms with Crippen molar-refractivity contribution in [3.05, 3.63) is 59.3 Å². The van der Waals surface area contributed by atoms with Crippen LogP contribution in [-0.2, 0) is 6.54 Å². The molecular formula is C18H22N2O. The van der Waals surface area contributed by atoms with Crippen molar-refractivity contribution in [1.29, 1.82) is 0 Å². The molecule has 1 fully saturated rings. The van der Waals surface area contributed by atoms with Crippen molar-refractivity contribution in [2.75, 3.05) is 7.11 Å². The van der Waals surface area contributed by atoms with Crippen LogP contribution >= 0.6 is 0 Å². The average Bonchev–Trinajstić information content (AvgIpc) is 3.35. The smallest absolute Gasteiger partial charge is 0.212 e. The number of nitrogens with one attached hydrogen (secondary N) is 1. The van der Waals surface area contributed by atoms with Gasteiger partial charge in [-0.1, -0.05) is 35.9 Å². The van der Waals surface area contributed by atoms with E-state index in [2.05, 4.69) is 47.6 Å². The Kier molecular flexibility index (Phi) is 4.20. The van der Waals surface area contributed by atoms with Gasteiger partial charge >= 0.3 is 0 Å². The molecule has 110 valence electrons. The number of ether oxygens (including phenoxy) is 1. The van der Waals surface area contributed by atoms with Crippen LogP contribution in [-0.4, -0.2) is 12.1 Å². The number of aromatic nitrogens is 1. The van der Waals surface area contributed by atoms with Gasteiger partial charge in [0, 0.05) is 24.8 Å². The van der Waals surface area contributed by atoms with Gasteiger partial charge in [0.05, 0.1) is 7.11 Å². The first-order chi connectivity index (χ1) is 10.3. The number of hydrogen-bond acceptors (Lipinski definition) is 3. The molecule has 0 aliphatic heterocycles. The Morgan fingerprint density at radius 2 is 1.95 bits per heavy atom. The second-order valence-electron chi connectivity index (χ2n) is 5.82. The summed E-state index contributed by atoms with van der Waals surface area (Å²) in [6.07, 6.45) is 4.53. The Morgan fingerprint density at radius 3 is 2.52 bits per heavy atom. The van der Waals surface area contributed by atoms with E-state index in [9.17, 15) is 0 Å². The number of pyridine rings is 1. The third-order valence-corrected chi connectivity index (χ3v) is 4.06. The molecule has 0 radical (unpaired) electrons. The first kappa shape index (κ1) is 14.1. The Morgan fingerprint density at radius 1 is 1.19 bits per heavy atom. The monoisotopic (exact) mass is 282 g/mol. The van der Waals surface area contributed by atoms with Gasteiger partial charge in [-0.05, 0) is 36.8 Å². The Hall–Kier alpha value is -1.87. The maximum atomic E-state index is 5.09. The van der Waals surface area contributed by atoms with E-state index in [4.69, 9.17) is 4.74 Å². The molecule has 21 heavy (non-hydrogen) atoms. The molecule has 0 amide bonds. The summed E-state index contributed by atoms with van der Waals surface area (Å²) in [6.45, 7) is 2.97. The number of hydrogen-bond donors (Lipinski definition) is 1. The van der Waals surface area contributed by atoms with Crippen LogP contribution in [0.25, 0.3) is 0 Å². The average molecular weight is 282 g/mol. The zero-order valence-corrected chi connectivity index (χ0v) is 12.7. The summed E-state index contributed by atoms with van der Waals surface area (Å²) in [5.41, 5.74) is 3.89. The van der Waals surface area contributed by atoms with E-state index < -0.39 is 0 Å². The summed E-state index contributed by atoms with van der Waals surface area (Å²) in [4.78, 5) is 4.26. The second kappa shape index (κ2) is 6.27. The third kappa shape index (κ3) is 3.61. The molecule has 1 aromatic heterocycles. The molecule has 0 spiro atoms. The van der Waals surface area contributed by atoms with Gasteiger partial charge in [0.25, 0.3) is 0 Å². The number of methoxy groups -OCH3 is 1. The molecule has 1 atom stereocenters. The number of benzene rings is 1. The Labute approximate surface area is 126 Å². The highest BCUT2D eigenvalue weighted by atomic mass is 16.5. The van der Waals surface area contributed by atoms with Gasteiger partial charge in [-0.3, -0.25) is 0 Å². The first-order valence-corrected chi connectivity index (χ1v) is 7.55. The quantitative estimate of drug-likeness (QED) is 0.878. The lowest BCUT2D eigenvalue weighted by Gasteiger charge is -2.19. The van der Waals surface area contributed by atoms with Crippen LogP contribution in [0.4, 0.5) is 0 Å². The van der Waals surface area contributed by atoms with Crippen molar-refractivity contribution >= 4 is 0 Å². The van der Waals surface area contributed by atoms with Crippen molar-refractivity contribution in [2.24, 2.45) is 5.92 Å². The minimum atomic E-state index is 0.452. The van der Waals surface area contributed by atoms with Gasteiger partial charge in [-0.15, -0.1) is 0 Å². The van der Waals surface area contributed by atoms with Gasteiger partial charge in [0.2, 0.25) is 5.88 Å². The molecular weight excluding hydrogens is 260 g/mol. The molecule has 3 rings (SSSR count). The number of nitrogens with zero attached hydrogens (tertiary/aromatic N) is 1. The molecule has 0 bridgehead atoms. The molecule has 1 aliphatic rings. The van der Waals surface area contributed by atoms with E-state index in [1.807, 2.05) is 12.3 Å². The summed E-state index contributed by atoms with van der Waals surface area (Å²) >= 11 is 0. The van der Waals surface area contributed by atoms with Gasteiger partial charge in [0.1, 0.15) is 0 Å². The van der Waals surface area contributed by atoms with Crippen LogP contribution in [0.2, 0.25) is 0 Å². The molecule has 2 aromatic rings. The van der Waals surface area contributed by atoms with Crippen LogP contribution in [0.15, 0.2) is 42.6 Å². The van der Waals surface area contributed by atoms with Crippen LogP contribution in [0.3, 0.4) is 0 Å². The predicted molar refractivity (Wildman–Crippen MR) is 84.3 cm³/mol. The van der Waals surface area contributed by atoms with Crippen molar-refractivity contribution in [1.82, 2.24) is 10.3 Å². The molecule has 3 heteroatoms. The number of rotatable bonds is 6. The third-order valence-electron chi connectivity index (χ3n) is 4.06. The normalized spacial score (nSPS) is 15.7. The zero-order valence-electron chi connectivity index (χ0n) is 12.7. The summed E-state index contributed by atoms with van der Waals surface area (Å²) in [5, 5.41) is 3.69. The topological polar surface area (TPSA) is 34.1 Å². The largest absolute Gasteiger partial charge is 0.481 e. The lowest BCUT2D eigenvalue weighted by molar-refractivity contribution is 0.397. The predicted octanol–water partition coefficient (Wildman–Crippen LogP) is 3.64. The lowest BCUT2D eigenvalue weighted by Crippen LogP contribution is -2.22. The maximum Gasteiger partial charge on any atom is 0.212 e. The molecule has 1 saturated carbocycles. The van der Waals surface area contributed by atoms with E-state index >= 15 is 0 Å². The minimum Gasteiger partial charge on any atom is -0.481 e. The van der Waals surface area contributed by atoms with E-state index in [1.165, 1.54) is 29.5 Å². The highest BCUT2D eigenvalue weighted by molar-refractivity contribution is 5.26. The number of aryl methyl sites for hydroxylation is 1. The van der Waals surface area contributed by atoms with E-state index in [0.717, 1.165) is 12.5 Å². The summed E-state index contributed by atoms with van der Waals surface area (Å²) in [5.74, 6) is 1.44.